The number of rotatable bonds is 4. The van der Waals surface area contributed by atoms with Crippen LogP contribution in [0.2, 0.25) is 0 Å². The van der Waals surface area contributed by atoms with Crippen molar-refractivity contribution in [1.29, 1.82) is 5.26 Å². The summed E-state index contributed by atoms with van der Waals surface area (Å²) < 4.78 is 25.8. The number of nitrogens with zero attached hydrogens (tertiary/aromatic N) is 3. The summed E-state index contributed by atoms with van der Waals surface area (Å²) in [7, 11) is -1.98. The molecule has 0 atom stereocenters. The lowest BCUT2D eigenvalue weighted by Crippen LogP contribution is -2.27. The van der Waals surface area contributed by atoms with Crippen molar-refractivity contribution in [2.24, 2.45) is 0 Å². The molecule has 0 amide bonds. The van der Waals surface area contributed by atoms with Crippen molar-refractivity contribution in [2.75, 3.05) is 11.4 Å². The van der Waals surface area contributed by atoms with Crippen LogP contribution in [0.3, 0.4) is 0 Å². The summed E-state index contributed by atoms with van der Waals surface area (Å²) in [6.07, 6.45) is 3.08. The third-order valence-electron chi connectivity index (χ3n) is 2.86. The molecule has 0 saturated heterocycles. The maximum atomic E-state index is 12.3. The Morgan fingerprint density at radius 2 is 1.95 bits per heavy atom. The zero-order valence-electron chi connectivity index (χ0n) is 10.9. The molecule has 20 heavy (non-hydrogen) atoms. The summed E-state index contributed by atoms with van der Waals surface area (Å²) >= 11 is 0. The highest BCUT2D eigenvalue weighted by atomic mass is 32.2. The molecular weight excluding hydrogens is 274 g/mol. The Hall–Kier alpha value is -2.39. The second kappa shape index (κ2) is 5.72. The van der Waals surface area contributed by atoms with Gasteiger partial charge in [0.05, 0.1) is 29.3 Å². The first-order chi connectivity index (χ1) is 9.53. The summed E-state index contributed by atoms with van der Waals surface area (Å²) in [6, 6.07) is 11.9. The van der Waals surface area contributed by atoms with E-state index in [2.05, 4.69) is 4.98 Å². The highest BCUT2D eigenvalue weighted by molar-refractivity contribution is 7.92. The van der Waals surface area contributed by atoms with Crippen LogP contribution >= 0.6 is 0 Å². The molecule has 0 bridgehead atoms. The highest BCUT2D eigenvalue weighted by Gasteiger charge is 2.19. The van der Waals surface area contributed by atoms with Crippen molar-refractivity contribution in [3.8, 4) is 6.07 Å². The minimum Gasteiger partial charge on any atom is -0.271 e. The molecule has 2 rings (SSSR count). The maximum Gasteiger partial charge on any atom is 0.239 e. The van der Waals surface area contributed by atoms with Crippen molar-refractivity contribution in [3.63, 3.8) is 0 Å². The molecule has 0 saturated carbocycles. The standard InChI is InChI=1S/C14H13N3O2S/c1-17(14-3-2-8-16-10-14)20(18,19)11-13-6-4-12(9-15)5-7-13/h2-8,10H,11H2,1H3. The van der Waals surface area contributed by atoms with Gasteiger partial charge in [-0.2, -0.15) is 5.26 Å². The van der Waals surface area contributed by atoms with Crippen molar-refractivity contribution >= 4 is 15.7 Å². The van der Waals surface area contributed by atoms with Gasteiger partial charge in [0.15, 0.2) is 0 Å². The number of anilines is 1. The molecule has 0 aliphatic heterocycles. The lowest BCUT2D eigenvalue weighted by Gasteiger charge is -2.18. The van der Waals surface area contributed by atoms with Crippen molar-refractivity contribution in [2.45, 2.75) is 5.75 Å². The Morgan fingerprint density at radius 3 is 2.50 bits per heavy atom. The molecule has 2 aromatic rings. The van der Waals surface area contributed by atoms with Gasteiger partial charge in [0.2, 0.25) is 10.0 Å². The third-order valence-corrected chi connectivity index (χ3v) is 4.60. The second-order valence-electron chi connectivity index (χ2n) is 4.24. The zero-order chi connectivity index (χ0) is 14.6. The number of aromatic nitrogens is 1. The van der Waals surface area contributed by atoms with E-state index in [4.69, 9.17) is 5.26 Å². The zero-order valence-corrected chi connectivity index (χ0v) is 11.7. The molecule has 1 heterocycles. The molecule has 0 unspecified atom stereocenters. The SMILES string of the molecule is CN(c1cccnc1)S(=O)(=O)Cc1ccc(C#N)cc1. The molecule has 102 valence electrons. The van der Waals surface area contributed by atoms with E-state index in [1.807, 2.05) is 6.07 Å². The van der Waals surface area contributed by atoms with Crippen LogP contribution in [0.1, 0.15) is 11.1 Å². The van der Waals surface area contributed by atoms with Gasteiger partial charge in [-0.3, -0.25) is 9.29 Å². The van der Waals surface area contributed by atoms with Crippen LogP contribution in [0.5, 0.6) is 0 Å². The molecule has 0 fully saturated rings. The van der Waals surface area contributed by atoms with E-state index >= 15 is 0 Å². The van der Waals surface area contributed by atoms with Gasteiger partial charge in [-0.15, -0.1) is 0 Å². The average molecular weight is 287 g/mol. The normalized spacial score (nSPS) is 10.8. The van der Waals surface area contributed by atoms with Gasteiger partial charge in [-0.05, 0) is 29.8 Å². The molecule has 0 spiro atoms. The van der Waals surface area contributed by atoms with Gasteiger partial charge in [0.1, 0.15) is 0 Å². The Balaban J connectivity index is 2.20. The Labute approximate surface area is 118 Å². The van der Waals surface area contributed by atoms with Crippen LogP contribution in [0.4, 0.5) is 5.69 Å². The predicted molar refractivity (Wildman–Crippen MR) is 76.4 cm³/mol. The van der Waals surface area contributed by atoms with Gasteiger partial charge < -0.3 is 0 Å². The number of pyridine rings is 1. The summed E-state index contributed by atoms with van der Waals surface area (Å²) in [5.41, 5.74) is 1.66. The van der Waals surface area contributed by atoms with E-state index in [-0.39, 0.29) is 5.75 Å². The van der Waals surface area contributed by atoms with E-state index in [0.29, 0.717) is 16.8 Å². The van der Waals surface area contributed by atoms with Crippen LogP contribution in [-0.4, -0.2) is 20.4 Å². The number of hydrogen-bond acceptors (Lipinski definition) is 4. The van der Waals surface area contributed by atoms with Crippen LogP contribution in [0.15, 0.2) is 48.8 Å². The van der Waals surface area contributed by atoms with Crippen molar-refractivity contribution < 1.29 is 8.42 Å². The molecule has 0 N–H and O–H groups in total. The third kappa shape index (κ3) is 3.13. The van der Waals surface area contributed by atoms with Gasteiger partial charge in [0.25, 0.3) is 0 Å². The summed E-state index contributed by atoms with van der Waals surface area (Å²) in [6.45, 7) is 0. The van der Waals surface area contributed by atoms with Gasteiger partial charge in [0, 0.05) is 13.2 Å². The predicted octanol–water partition coefficient (Wildman–Crippen LogP) is 1.92. The Kier molecular flexibility index (Phi) is 4.01. The van der Waals surface area contributed by atoms with E-state index < -0.39 is 10.0 Å². The van der Waals surface area contributed by atoms with Gasteiger partial charge in [-0.25, -0.2) is 8.42 Å². The fourth-order valence-corrected chi connectivity index (χ4v) is 2.92. The highest BCUT2D eigenvalue weighted by Crippen LogP contribution is 2.17. The molecule has 0 aliphatic carbocycles. The summed E-state index contributed by atoms with van der Waals surface area (Å²) in [5, 5.41) is 8.71. The molecule has 1 aromatic carbocycles. The number of sulfonamides is 1. The quantitative estimate of drug-likeness (QED) is 0.861. The lowest BCUT2D eigenvalue weighted by molar-refractivity contribution is 0.593. The maximum absolute atomic E-state index is 12.3. The Bertz CT molecular complexity index is 719. The molecule has 6 heteroatoms. The number of benzene rings is 1. The van der Waals surface area contributed by atoms with Crippen LogP contribution in [0, 0.1) is 11.3 Å². The minimum absolute atomic E-state index is 0.121. The minimum atomic E-state index is -3.48. The molecule has 5 nitrogen and oxygen atoms in total. The number of nitriles is 1. The van der Waals surface area contributed by atoms with E-state index in [9.17, 15) is 8.42 Å². The van der Waals surface area contributed by atoms with Crippen LogP contribution < -0.4 is 4.31 Å². The topological polar surface area (TPSA) is 74.1 Å². The fourth-order valence-electron chi connectivity index (χ4n) is 1.68. The molecular formula is C14H13N3O2S. The first-order valence-electron chi connectivity index (χ1n) is 5.88. The number of hydrogen-bond donors (Lipinski definition) is 0. The largest absolute Gasteiger partial charge is 0.271 e. The van der Waals surface area contributed by atoms with Gasteiger partial charge >= 0.3 is 0 Å². The fraction of sp³-hybridized carbons (Fsp3) is 0.143. The van der Waals surface area contributed by atoms with Crippen LogP contribution in [0.25, 0.3) is 0 Å². The Morgan fingerprint density at radius 1 is 1.25 bits per heavy atom. The van der Waals surface area contributed by atoms with Crippen molar-refractivity contribution in [1.82, 2.24) is 4.98 Å². The summed E-state index contributed by atoms with van der Waals surface area (Å²) in [4.78, 5) is 3.91. The van der Waals surface area contributed by atoms with E-state index in [0.717, 1.165) is 0 Å². The second-order valence-corrected chi connectivity index (χ2v) is 6.24. The first kappa shape index (κ1) is 14.0. The van der Waals surface area contributed by atoms with Gasteiger partial charge in [-0.1, -0.05) is 12.1 Å². The first-order valence-corrected chi connectivity index (χ1v) is 7.49. The molecule has 0 radical (unpaired) electrons. The van der Waals surface area contributed by atoms with E-state index in [1.165, 1.54) is 17.5 Å². The molecule has 0 aliphatic rings. The van der Waals surface area contributed by atoms with Crippen LogP contribution in [-0.2, 0) is 15.8 Å². The van der Waals surface area contributed by atoms with Crippen molar-refractivity contribution in [3.05, 3.63) is 59.9 Å². The lowest BCUT2D eigenvalue weighted by atomic mass is 10.2. The average Bonchev–Trinajstić information content (AvgIpc) is 2.48. The molecule has 1 aromatic heterocycles. The monoisotopic (exact) mass is 287 g/mol. The smallest absolute Gasteiger partial charge is 0.239 e. The van der Waals surface area contributed by atoms with E-state index in [1.54, 1.807) is 42.6 Å². The summed E-state index contributed by atoms with van der Waals surface area (Å²) in [5.74, 6) is -0.121.